The Morgan fingerprint density at radius 1 is 0.971 bits per heavy atom. The van der Waals surface area contributed by atoms with Gasteiger partial charge in [-0.05, 0) is 68.6 Å². The van der Waals surface area contributed by atoms with Crippen LogP contribution in [0, 0.1) is 23.2 Å². The maximum atomic E-state index is 13.0. The molecule has 34 heavy (non-hydrogen) atoms. The SMILES string of the molecule is C[C@@H](NC(=O)CSc1nc(-c2ccccc2)c(-c2ccccc2)[nH]1)C12CC3CC(CC(C3)C1)C2. The lowest BCUT2D eigenvalue weighted by atomic mass is 9.48. The molecule has 2 aromatic carbocycles. The number of benzene rings is 2. The number of hydrogen-bond donors (Lipinski definition) is 2. The molecule has 3 aromatic rings. The van der Waals surface area contributed by atoms with Gasteiger partial charge in [0.1, 0.15) is 0 Å². The first kappa shape index (κ1) is 22.0. The van der Waals surface area contributed by atoms with Crippen molar-refractivity contribution in [1.29, 1.82) is 0 Å². The molecule has 0 saturated heterocycles. The van der Waals surface area contributed by atoms with Gasteiger partial charge in [0.2, 0.25) is 5.91 Å². The van der Waals surface area contributed by atoms with E-state index in [0.717, 1.165) is 45.4 Å². The van der Waals surface area contributed by atoms with Crippen LogP contribution >= 0.6 is 11.8 Å². The van der Waals surface area contributed by atoms with Crippen molar-refractivity contribution in [3.63, 3.8) is 0 Å². The van der Waals surface area contributed by atoms with Gasteiger partial charge in [0.15, 0.2) is 5.16 Å². The standard InChI is InChI=1S/C29H33N3OS/c1-19(29-15-20-12-21(16-29)14-22(13-20)17-29)30-25(33)18-34-28-31-26(23-8-4-2-5-9-23)27(32-28)24-10-6-3-7-11-24/h2-11,19-22H,12-18H2,1H3,(H,30,33)(H,31,32)/t19-,20?,21?,22?,29?/m1/s1. The van der Waals surface area contributed by atoms with Gasteiger partial charge in [-0.15, -0.1) is 0 Å². The topological polar surface area (TPSA) is 57.8 Å². The molecule has 0 unspecified atom stereocenters. The van der Waals surface area contributed by atoms with E-state index in [2.05, 4.69) is 41.5 Å². The zero-order valence-electron chi connectivity index (χ0n) is 19.8. The van der Waals surface area contributed by atoms with Crippen molar-refractivity contribution in [2.45, 2.75) is 56.6 Å². The smallest absolute Gasteiger partial charge is 0.230 e. The maximum Gasteiger partial charge on any atom is 0.230 e. The summed E-state index contributed by atoms with van der Waals surface area (Å²) >= 11 is 1.49. The van der Waals surface area contributed by atoms with E-state index in [-0.39, 0.29) is 11.9 Å². The first-order valence-corrected chi connectivity index (χ1v) is 13.7. The summed E-state index contributed by atoms with van der Waals surface area (Å²) in [7, 11) is 0. The molecule has 4 bridgehead atoms. The number of H-pyrrole nitrogens is 1. The van der Waals surface area contributed by atoms with Crippen LogP contribution in [-0.2, 0) is 4.79 Å². The highest BCUT2D eigenvalue weighted by molar-refractivity contribution is 7.99. The molecule has 1 atom stereocenters. The molecule has 4 nitrogen and oxygen atoms in total. The fourth-order valence-corrected chi connectivity index (χ4v) is 8.00. The second-order valence-electron chi connectivity index (χ2n) is 10.9. The second-order valence-corrected chi connectivity index (χ2v) is 11.8. The summed E-state index contributed by atoms with van der Waals surface area (Å²) in [6.45, 7) is 2.25. The highest BCUT2D eigenvalue weighted by Crippen LogP contribution is 2.61. The van der Waals surface area contributed by atoms with E-state index in [1.165, 1.54) is 50.3 Å². The Kier molecular flexibility index (Phi) is 5.76. The van der Waals surface area contributed by atoms with Gasteiger partial charge in [-0.25, -0.2) is 4.98 Å². The third-order valence-corrected chi connectivity index (χ3v) is 9.39. The summed E-state index contributed by atoms with van der Waals surface area (Å²) in [5.41, 5.74) is 4.43. The average molecular weight is 472 g/mol. The molecule has 5 heteroatoms. The number of imidazole rings is 1. The molecule has 1 amide bonds. The fourth-order valence-electron chi connectivity index (χ4n) is 7.32. The predicted octanol–water partition coefficient (Wildman–Crippen LogP) is 6.56. The number of thioether (sulfide) groups is 1. The normalized spacial score (nSPS) is 28.1. The largest absolute Gasteiger partial charge is 0.352 e. The van der Waals surface area contributed by atoms with Gasteiger partial charge in [-0.2, -0.15) is 0 Å². The van der Waals surface area contributed by atoms with Crippen LogP contribution in [0.5, 0.6) is 0 Å². The minimum Gasteiger partial charge on any atom is -0.352 e. The lowest BCUT2D eigenvalue weighted by Crippen LogP contribution is -2.56. The molecule has 0 spiro atoms. The van der Waals surface area contributed by atoms with Gasteiger partial charge >= 0.3 is 0 Å². The quantitative estimate of drug-likeness (QED) is 0.384. The van der Waals surface area contributed by atoms with Crippen molar-refractivity contribution < 1.29 is 4.79 Å². The van der Waals surface area contributed by atoms with Crippen molar-refractivity contribution in [3.05, 3.63) is 60.7 Å². The van der Waals surface area contributed by atoms with E-state index in [1.54, 1.807) is 0 Å². The number of aromatic nitrogens is 2. The second kappa shape index (κ2) is 8.92. The van der Waals surface area contributed by atoms with E-state index in [0.29, 0.717) is 11.2 Å². The van der Waals surface area contributed by atoms with E-state index in [9.17, 15) is 4.79 Å². The fraction of sp³-hybridized carbons (Fsp3) is 0.448. The molecule has 2 N–H and O–H groups in total. The Hall–Kier alpha value is -2.53. The Morgan fingerprint density at radius 2 is 1.53 bits per heavy atom. The van der Waals surface area contributed by atoms with Crippen LogP contribution in [0.1, 0.15) is 45.4 Å². The molecule has 1 heterocycles. The highest BCUT2D eigenvalue weighted by atomic mass is 32.2. The Bertz CT molecular complexity index is 1060. The minimum atomic E-state index is 0.118. The number of rotatable bonds is 7. The van der Waals surface area contributed by atoms with Crippen LogP contribution in [0.3, 0.4) is 0 Å². The third-order valence-electron chi connectivity index (χ3n) is 8.51. The van der Waals surface area contributed by atoms with Crippen molar-refractivity contribution in [1.82, 2.24) is 15.3 Å². The van der Waals surface area contributed by atoms with Crippen LogP contribution in [-0.4, -0.2) is 27.7 Å². The van der Waals surface area contributed by atoms with Crippen LogP contribution in [0.2, 0.25) is 0 Å². The summed E-state index contributed by atoms with van der Waals surface area (Å²) in [5, 5.41) is 4.18. The van der Waals surface area contributed by atoms with Gasteiger partial charge < -0.3 is 10.3 Å². The predicted molar refractivity (Wildman–Crippen MR) is 138 cm³/mol. The maximum absolute atomic E-state index is 13.0. The molecule has 0 radical (unpaired) electrons. The summed E-state index contributed by atoms with van der Waals surface area (Å²) in [6, 6.07) is 20.8. The Labute approximate surface area is 206 Å². The first-order chi connectivity index (χ1) is 16.6. The van der Waals surface area contributed by atoms with Gasteiger partial charge in [-0.3, -0.25) is 4.79 Å². The number of nitrogens with one attached hydrogen (secondary N) is 2. The van der Waals surface area contributed by atoms with Gasteiger partial charge in [0.05, 0.1) is 17.1 Å². The van der Waals surface area contributed by atoms with E-state index < -0.39 is 0 Å². The highest BCUT2D eigenvalue weighted by Gasteiger charge is 2.53. The molecule has 0 aliphatic heterocycles. The number of carbonyl (C=O) groups is 1. The first-order valence-electron chi connectivity index (χ1n) is 12.7. The monoisotopic (exact) mass is 471 g/mol. The number of amides is 1. The van der Waals surface area contributed by atoms with E-state index in [1.807, 2.05) is 36.4 Å². The van der Waals surface area contributed by atoms with Gasteiger partial charge in [-0.1, -0.05) is 72.4 Å². The van der Waals surface area contributed by atoms with Crippen molar-refractivity contribution >= 4 is 17.7 Å². The molecule has 4 aliphatic rings. The van der Waals surface area contributed by atoms with Gasteiger partial charge in [0.25, 0.3) is 0 Å². The van der Waals surface area contributed by atoms with E-state index in [4.69, 9.17) is 4.98 Å². The zero-order valence-corrected chi connectivity index (χ0v) is 20.6. The Morgan fingerprint density at radius 3 is 2.12 bits per heavy atom. The number of aromatic amines is 1. The zero-order chi connectivity index (χ0) is 23.1. The molecular weight excluding hydrogens is 438 g/mol. The number of nitrogens with zero attached hydrogens (tertiary/aromatic N) is 1. The van der Waals surface area contributed by atoms with Crippen molar-refractivity contribution in [2.75, 3.05) is 5.75 Å². The van der Waals surface area contributed by atoms with E-state index >= 15 is 0 Å². The van der Waals surface area contributed by atoms with Crippen LogP contribution < -0.4 is 5.32 Å². The molecule has 1 aromatic heterocycles. The van der Waals surface area contributed by atoms with Crippen molar-refractivity contribution in [2.24, 2.45) is 23.2 Å². The molecular formula is C29H33N3OS. The summed E-state index contributed by atoms with van der Waals surface area (Å²) in [5.74, 6) is 3.20. The number of carbonyl (C=O) groups excluding carboxylic acids is 1. The molecule has 4 aliphatic carbocycles. The van der Waals surface area contributed by atoms with Crippen LogP contribution in [0.4, 0.5) is 0 Å². The lowest BCUT2D eigenvalue weighted by Gasteiger charge is -2.59. The van der Waals surface area contributed by atoms with Crippen LogP contribution in [0.15, 0.2) is 65.8 Å². The summed E-state index contributed by atoms with van der Waals surface area (Å²) < 4.78 is 0. The average Bonchev–Trinajstić information content (AvgIpc) is 3.27. The summed E-state index contributed by atoms with van der Waals surface area (Å²) in [4.78, 5) is 21.4. The summed E-state index contributed by atoms with van der Waals surface area (Å²) in [6.07, 6.45) is 8.23. The molecule has 7 rings (SSSR count). The van der Waals surface area contributed by atoms with Gasteiger partial charge in [0, 0.05) is 17.2 Å². The van der Waals surface area contributed by atoms with Crippen LogP contribution in [0.25, 0.3) is 22.5 Å². The minimum absolute atomic E-state index is 0.118. The molecule has 4 saturated carbocycles. The molecule has 176 valence electrons. The number of hydrogen-bond acceptors (Lipinski definition) is 3. The third kappa shape index (κ3) is 4.19. The Balaban J connectivity index is 1.15. The van der Waals surface area contributed by atoms with Crippen molar-refractivity contribution in [3.8, 4) is 22.5 Å². The molecule has 4 fully saturated rings. The lowest BCUT2D eigenvalue weighted by molar-refractivity contribution is -0.123.